The number of aromatic hydroxyl groups is 3. The number of fused-ring (bicyclic) bond motifs is 1. The first kappa shape index (κ1) is 15.7. The smallest absolute Gasteiger partial charge is 0.269 e. The molecule has 0 spiro atoms. The second-order valence-corrected chi connectivity index (χ2v) is 5.79. The minimum atomic E-state index is -0.475. The molecule has 0 saturated heterocycles. The minimum Gasteiger partial charge on any atom is -0.504 e. The summed E-state index contributed by atoms with van der Waals surface area (Å²) in [6.07, 6.45) is 0. The van der Waals surface area contributed by atoms with E-state index in [1.807, 2.05) is 30.3 Å². The summed E-state index contributed by atoms with van der Waals surface area (Å²) < 4.78 is 1.10. The van der Waals surface area contributed by atoms with E-state index in [1.54, 1.807) is 12.1 Å². The molecule has 0 aliphatic carbocycles. The molecule has 6 heteroatoms. The molecule has 3 N–H and O–H groups in total. The van der Waals surface area contributed by atoms with E-state index < -0.39 is 5.56 Å². The summed E-state index contributed by atoms with van der Waals surface area (Å²) in [6.45, 7) is 0. The Hall–Kier alpha value is -3.80. The summed E-state index contributed by atoms with van der Waals surface area (Å²) in [7, 11) is 0. The van der Waals surface area contributed by atoms with Crippen LogP contribution in [0.2, 0.25) is 0 Å². The Balaban J connectivity index is 2.15. The molecule has 26 heavy (non-hydrogen) atoms. The summed E-state index contributed by atoms with van der Waals surface area (Å²) in [6, 6.07) is 17.9. The van der Waals surface area contributed by atoms with Crippen molar-refractivity contribution < 1.29 is 15.3 Å². The third-order valence-corrected chi connectivity index (χ3v) is 4.14. The van der Waals surface area contributed by atoms with Gasteiger partial charge in [-0.1, -0.05) is 42.5 Å². The van der Waals surface area contributed by atoms with Crippen molar-refractivity contribution in [3.63, 3.8) is 0 Å². The fourth-order valence-electron chi connectivity index (χ4n) is 2.91. The lowest BCUT2D eigenvalue weighted by Gasteiger charge is -2.12. The minimum absolute atomic E-state index is 0.213. The van der Waals surface area contributed by atoms with E-state index in [0.29, 0.717) is 16.9 Å². The molecule has 0 bridgehead atoms. The van der Waals surface area contributed by atoms with Gasteiger partial charge in [-0.2, -0.15) is 0 Å². The SMILES string of the molecule is O=c1c(-c2ccc(O)c(O)c2)c(-c2ccccc2)nc2cccc(O)n12. The van der Waals surface area contributed by atoms with Crippen molar-refractivity contribution in [3.8, 4) is 39.8 Å². The maximum absolute atomic E-state index is 13.2. The average molecular weight is 346 g/mol. The predicted octanol–water partition coefficient (Wildman–Crippen LogP) is 3.15. The van der Waals surface area contributed by atoms with Crippen molar-refractivity contribution in [2.24, 2.45) is 0 Å². The van der Waals surface area contributed by atoms with E-state index in [2.05, 4.69) is 4.98 Å². The number of hydrogen-bond acceptors (Lipinski definition) is 5. The summed E-state index contributed by atoms with van der Waals surface area (Å²) >= 11 is 0. The second kappa shape index (κ2) is 5.93. The van der Waals surface area contributed by atoms with E-state index in [-0.39, 0.29) is 22.9 Å². The summed E-state index contributed by atoms with van der Waals surface area (Å²) in [4.78, 5) is 17.7. The molecule has 2 heterocycles. The monoisotopic (exact) mass is 346 g/mol. The van der Waals surface area contributed by atoms with Crippen LogP contribution < -0.4 is 5.56 Å². The molecule has 4 aromatic rings. The van der Waals surface area contributed by atoms with Crippen molar-refractivity contribution in [2.45, 2.75) is 0 Å². The molecule has 0 saturated carbocycles. The highest BCUT2D eigenvalue weighted by atomic mass is 16.3. The molecular weight excluding hydrogens is 332 g/mol. The van der Waals surface area contributed by atoms with Crippen LogP contribution in [0, 0.1) is 0 Å². The lowest BCUT2D eigenvalue weighted by Crippen LogP contribution is -2.18. The number of rotatable bonds is 2. The standard InChI is InChI=1S/C20H14N2O4/c23-14-10-9-13(11-15(14)24)18-19(12-5-2-1-3-6-12)21-16-7-4-8-17(25)22(16)20(18)26/h1-11,23-25H. The number of nitrogens with zero attached hydrogens (tertiary/aromatic N) is 2. The molecule has 0 fully saturated rings. The quantitative estimate of drug-likeness (QED) is 0.485. The van der Waals surface area contributed by atoms with E-state index in [9.17, 15) is 20.1 Å². The van der Waals surface area contributed by atoms with Gasteiger partial charge in [-0.25, -0.2) is 9.38 Å². The van der Waals surface area contributed by atoms with Gasteiger partial charge in [-0.3, -0.25) is 4.79 Å². The van der Waals surface area contributed by atoms with Crippen molar-refractivity contribution in [2.75, 3.05) is 0 Å². The van der Waals surface area contributed by atoms with Crippen LogP contribution in [0.4, 0.5) is 0 Å². The highest BCUT2D eigenvalue weighted by Gasteiger charge is 2.18. The second-order valence-electron chi connectivity index (χ2n) is 5.79. The maximum Gasteiger partial charge on any atom is 0.269 e. The molecule has 0 unspecified atom stereocenters. The van der Waals surface area contributed by atoms with Crippen molar-refractivity contribution in [1.29, 1.82) is 0 Å². The fraction of sp³-hybridized carbons (Fsp3) is 0. The van der Waals surface area contributed by atoms with Gasteiger partial charge >= 0.3 is 0 Å². The number of aromatic nitrogens is 2. The van der Waals surface area contributed by atoms with Crippen molar-refractivity contribution >= 4 is 5.65 Å². The van der Waals surface area contributed by atoms with E-state index in [1.165, 1.54) is 24.3 Å². The lowest BCUT2D eigenvalue weighted by atomic mass is 10.00. The Morgan fingerprint density at radius 2 is 1.54 bits per heavy atom. The van der Waals surface area contributed by atoms with Crippen LogP contribution in [0.5, 0.6) is 17.4 Å². The van der Waals surface area contributed by atoms with Crippen LogP contribution in [0.15, 0.2) is 71.5 Å². The van der Waals surface area contributed by atoms with Crippen LogP contribution in [0.1, 0.15) is 0 Å². The highest BCUT2D eigenvalue weighted by Crippen LogP contribution is 2.34. The third-order valence-electron chi connectivity index (χ3n) is 4.14. The van der Waals surface area contributed by atoms with Crippen LogP contribution >= 0.6 is 0 Å². The average Bonchev–Trinajstić information content (AvgIpc) is 2.64. The first-order valence-corrected chi connectivity index (χ1v) is 7.89. The first-order valence-electron chi connectivity index (χ1n) is 7.89. The van der Waals surface area contributed by atoms with Crippen molar-refractivity contribution in [3.05, 3.63) is 77.1 Å². The molecule has 2 aromatic carbocycles. The zero-order valence-corrected chi connectivity index (χ0v) is 13.5. The van der Waals surface area contributed by atoms with Crippen LogP contribution in [-0.2, 0) is 0 Å². The summed E-state index contributed by atoms with van der Waals surface area (Å²) in [5.74, 6) is -0.862. The fourth-order valence-corrected chi connectivity index (χ4v) is 2.91. The van der Waals surface area contributed by atoms with Crippen LogP contribution in [-0.4, -0.2) is 24.7 Å². The van der Waals surface area contributed by atoms with E-state index in [4.69, 9.17) is 0 Å². The van der Waals surface area contributed by atoms with Crippen LogP contribution in [0.25, 0.3) is 28.0 Å². The van der Waals surface area contributed by atoms with Gasteiger partial charge in [0, 0.05) is 5.56 Å². The van der Waals surface area contributed by atoms with Gasteiger partial charge < -0.3 is 15.3 Å². The normalized spacial score (nSPS) is 10.9. The third kappa shape index (κ3) is 2.44. The molecule has 0 aliphatic heterocycles. The Bertz CT molecular complexity index is 1180. The Morgan fingerprint density at radius 3 is 2.27 bits per heavy atom. The lowest BCUT2D eigenvalue weighted by molar-refractivity contribution is 0.404. The molecule has 0 aliphatic rings. The number of benzene rings is 2. The zero-order chi connectivity index (χ0) is 18.3. The molecule has 0 atom stereocenters. The van der Waals surface area contributed by atoms with Gasteiger partial charge in [0.05, 0.1) is 11.3 Å². The summed E-state index contributed by atoms with van der Waals surface area (Å²) in [5, 5.41) is 29.5. The molecule has 4 rings (SSSR count). The molecular formula is C20H14N2O4. The largest absolute Gasteiger partial charge is 0.504 e. The summed E-state index contributed by atoms with van der Waals surface area (Å²) in [5.41, 5.74) is 1.57. The van der Waals surface area contributed by atoms with Gasteiger partial charge in [-0.15, -0.1) is 0 Å². The predicted molar refractivity (Wildman–Crippen MR) is 97.3 cm³/mol. The van der Waals surface area contributed by atoms with Gasteiger partial charge in [0.15, 0.2) is 17.4 Å². The Kier molecular flexibility index (Phi) is 3.58. The first-order chi connectivity index (χ1) is 12.6. The molecule has 0 radical (unpaired) electrons. The maximum atomic E-state index is 13.2. The number of phenols is 2. The van der Waals surface area contributed by atoms with Gasteiger partial charge in [-0.05, 0) is 29.8 Å². The molecule has 128 valence electrons. The number of pyridine rings is 1. The van der Waals surface area contributed by atoms with Crippen LogP contribution in [0.3, 0.4) is 0 Å². The molecule has 6 nitrogen and oxygen atoms in total. The van der Waals surface area contributed by atoms with E-state index in [0.717, 1.165) is 9.96 Å². The Labute approximate surface area is 147 Å². The number of phenolic OH excluding ortho intramolecular Hbond substituents is 2. The van der Waals surface area contributed by atoms with E-state index >= 15 is 0 Å². The molecule has 2 aromatic heterocycles. The van der Waals surface area contributed by atoms with Gasteiger partial charge in [0.2, 0.25) is 0 Å². The highest BCUT2D eigenvalue weighted by molar-refractivity contribution is 5.82. The zero-order valence-electron chi connectivity index (χ0n) is 13.5. The molecule has 0 amide bonds. The number of hydrogen-bond donors (Lipinski definition) is 3. The topological polar surface area (TPSA) is 95.1 Å². The van der Waals surface area contributed by atoms with Crippen molar-refractivity contribution in [1.82, 2.24) is 9.38 Å². The van der Waals surface area contributed by atoms with Gasteiger partial charge in [0.25, 0.3) is 5.56 Å². The Morgan fingerprint density at radius 1 is 0.769 bits per heavy atom. The van der Waals surface area contributed by atoms with Gasteiger partial charge in [0.1, 0.15) is 5.65 Å².